The molecule has 0 saturated carbocycles. The normalized spacial score (nSPS) is 12.8. The molecule has 0 bridgehead atoms. The number of aromatic nitrogens is 3. The van der Waals surface area contributed by atoms with Crippen molar-refractivity contribution in [2.45, 2.75) is 13.7 Å². The molecule has 7 aromatic carbocycles. The van der Waals surface area contributed by atoms with Gasteiger partial charge in [0.25, 0.3) is 0 Å². The molecule has 3 heterocycles. The molecule has 0 aliphatic carbocycles. The minimum atomic E-state index is -2.18. The van der Waals surface area contributed by atoms with Gasteiger partial charge >= 0.3 is 0 Å². The number of rotatable bonds is 6. The van der Waals surface area contributed by atoms with Crippen molar-refractivity contribution in [3.63, 3.8) is 0 Å². The van der Waals surface area contributed by atoms with Crippen LogP contribution in [0.2, 0.25) is 0 Å². The fraction of sp³-hybridized carbons (Fsp3) is 0.0385. The van der Waals surface area contributed by atoms with Crippen LogP contribution in [0.15, 0.2) is 193 Å². The molecule has 0 unspecified atom stereocenters. The molecule has 10 aromatic rings. The zero-order valence-corrected chi connectivity index (χ0v) is 32.9. The quantitative estimate of drug-likeness (QED) is 0.156. The Balaban J connectivity index is 0.000000219. The number of benzene rings is 7. The standard InChI is InChI=1S/C39H25N2O.C13H12N.Ir/c1-4-13-27(14-5-1)30-23-24-37-33(25-30)34(26-42-37)39-40-35-21-10-11-22-36(35)41(39)38-31(28-15-6-2-7-16-28)19-12-20-32(38)29-17-8-3-9-18-29;1-10-3-6-12(7-4-10)13-8-5-11(2)9-14-13;/h1-25H;3-6,8-9H,1-2H3;/q2*-1;/i;1D3,2D3;. The predicted octanol–water partition coefficient (Wildman–Crippen LogP) is 13.4. The summed E-state index contributed by atoms with van der Waals surface area (Å²) in [7, 11) is 0. The Hall–Kier alpha value is -6.65. The van der Waals surface area contributed by atoms with Crippen LogP contribution in [0.4, 0.5) is 0 Å². The van der Waals surface area contributed by atoms with E-state index in [0.29, 0.717) is 11.3 Å². The first-order chi connectivity index (χ1) is 30.0. The molecule has 1 radical (unpaired) electrons. The van der Waals surface area contributed by atoms with Gasteiger partial charge in [-0.05, 0) is 52.5 Å². The predicted molar refractivity (Wildman–Crippen MR) is 229 cm³/mol. The first-order valence-corrected chi connectivity index (χ1v) is 18.2. The summed E-state index contributed by atoms with van der Waals surface area (Å²) in [6.07, 6.45) is 4.54. The Labute approximate surface area is 354 Å². The number of nitrogens with zero attached hydrogens (tertiary/aromatic N) is 3. The van der Waals surface area contributed by atoms with E-state index in [0.717, 1.165) is 72.5 Å². The molecule has 4 nitrogen and oxygen atoms in total. The number of hydrogen-bond acceptors (Lipinski definition) is 3. The zero-order valence-electron chi connectivity index (χ0n) is 36.5. The van der Waals surface area contributed by atoms with E-state index in [4.69, 9.17) is 17.6 Å². The largest absolute Gasteiger partial charge is 0.557 e. The van der Waals surface area contributed by atoms with Gasteiger partial charge in [-0.25, -0.2) is 0 Å². The van der Waals surface area contributed by atoms with Crippen LogP contribution in [-0.4, -0.2) is 14.5 Å². The third-order valence-corrected chi connectivity index (χ3v) is 9.68. The van der Waals surface area contributed by atoms with E-state index in [2.05, 4.69) is 155 Å². The monoisotopic (exact) mass is 918 g/mol. The summed E-state index contributed by atoms with van der Waals surface area (Å²) >= 11 is 0. The Morgan fingerprint density at radius 3 is 1.88 bits per heavy atom. The summed E-state index contributed by atoms with van der Waals surface area (Å²) < 4.78 is 52.0. The first-order valence-electron chi connectivity index (χ1n) is 21.2. The maximum atomic E-state index is 7.28. The number of furan rings is 1. The second kappa shape index (κ2) is 16.6. The van der Waals surface area contributed by atoms with Crippen LogP contribution < -0.4 is 0 Å². The number of imidazole rings is 1. The van der Waals surface area contributed by atoms with E-state index in [1.165, 1.54) is 24.4 Å². The average molecular weight is 918 g/mol. The van der Waals surface area contributed by atoms with Gasteiger partial charge in [-0.1, -0.05) is 169 Å². The van der Waals surface area contributed by atoms with Crippen molar-refractivity contribution in [3.05, 3.63) is 212 Å². The van der Waals surface area contributed by atoms with Gasteiger partial charge in [0.1, 0.15) is 0 Å². The van der Waals surface area contributed by atoms with Gasteiger partial charge < -0.3 is 14.0 Å². The Kier molecular flexibility index (Phi) is 8.90. The van der Waals surface area contributed by atoms with Crippen molar-refractivity contribution in [1.29, 1.82) is 0 Å². The van der Waals surface area contributed by atoms with Crippen molar-refractivity contribution in [1.82, 2.24) is 14.5 Å². The van der Waals surface area contributed by atoms with E-state index >= 15 is 0 Å². The van der Waals surface area contributed by atoms with Crippen LogP contribution in [0, 0.1) is 26.0 Å². The second-order valence-electron chi connectivity index (χ2n) is 13.3. The van der Waals surface area contributed by atoms with Crippen molar-refractivity contribution in [2.75, 3.05) is 0 Å². The van der Waals surface area contributed by atoms with Crippen LogP contribution in [0.5, 0.6) is 0 Å². The minimum Gasteiger partial charge on any atom is -0.557 e. The van der Waals surface area contributed by atoms with Gasteiger partial charge in [0, 0.05) is 57.5 Å². The number of hydrogen-bond donors (Lipinski definition) is 0. The molecule has 57 heavy (non-hydrogen) atoms. The maximum Gasteiger partial charge on any atom is 0.0774 e. The number of para-hydroxylation sites is 3. The summed E-state index contributed by atoms with van der Waals surface area (Å²) in [6.45, 7) is -4.34. The van der Waals surface area contributed by atoms with E-state index in [9.17, 15) is 0 Å². The minimum absolute atomic E-state index is 0. The summed E-state index contributed by atoms with van der Waals surface area (Å²) in [5.41, 5.74) is 13.0. The molecule has 0 amide bonds. The molecule has 0 N–H and O–H groups in total. The van der Waals surface area contributed by atoms with Crippen LogP contribution in [-0.2, 0) is 20.1 Å². The fourth-order valence-corrected chi connectivity index (χ4v) is 6.99. The van der Waals surface area contributed by atoms with Crippen molar-refractivity contribution in [2.24, 2.45) is 0 Å². The zero-order chi connectivity index (χ0) is 42.8. The SMILES string of the molecule is [2H]C([2H])([2H])c1c[c-]c(-c2ccc(C([2H])([2H])[2H])cn2)cc1.[Ir].[c-]1oc2ccc(-c3ccccc3)cc2c1-c1nc2ccccc2n1-c1c(-c2ccccc2)cccc1-c1ccccc1. The molecule has 277 valence electrons. The van der Waals surface area contributed by atoms with Crippen LogP contribution in [0.3, 0.4) is 0 Å². The van der Waals surface area contributed by atoms with Gasteiger partial charge in [-0.15, -0.1) is 35.4 Å². The third-order valence-electron chi connectivity index (χ3n) is 9.68. The second-order valence-corrected chi connectivity index (χ2v) is 13.3. The smallest absolute Gasteiger partial charge is 0.0774 e. The van der Waals surface area contributed by atoms with E-state index in [1.54, 1.807) is 12.1 Å². The Bertz CT molecular complexity index is 3010. The molecule has 3 aromatic heterocycles. The molecular weight excluding hydrogens is 875 g/mol. The average Bonchev–Trinajstić information content (AvgIpc) is 3.90. The molecule has 0 aliphatic heterocycles. The summed E-state index contributed by atoms with van der Waals surface area (Å²) in [6, 6.07) is 63.1. The van der Waals surface area contributed by atoms with Gasteiger partial charge in [0.2, 0.25) is 0 Å². The fourth-order valence-electron chi connectivity index (χ4n) is 6.99. The summed E-state index contributed by atoms with van der Waals surface area (Å²) in [5, 5.41) is 0.978. The van der Waals surface area contributed by atoms with Crippen LogP contribution >= 0.6 is 0 Å². The number of aryl methyl sites for hydroxylation is 2. The molecule has 0 atom stereocenters. The van der Waals surface area contributed by atoms with E-state index in [1.807, 2.05) is 18.2 Å². The molecule has 10 rings (SSSR count). The van der Waals surface area contributed by atoms with Crippen molar-refractivity contribution in [3.8, 4) is 61.7 Å². The van der Waals surface area contributed by atoms with E-state index in [-0.39, 0.29) is 31.2 Å². The number of pyridine rings is 1. The van der Waals surface area contributed by atoms with Gasteiger partial charge in [-0.2, -0.15) is 0 Å². The number of fused-ring (bicyclic) bond motifs is 2. The van der Waals surface area contributed by atoms with Crippen molar-refractivity contribution >= 4 is 22.0 Å². The summed E-state index contributed by atoms with van der Waals surface area (Å²) in [4.78, 5) is 9.30. The third kappa shape index (κ3) is 7.64. The molecule has 0 saturated heterocycles. The van der Waals surface area contributed by atoms with Gasteiger partial charge in [0.15, 0.2) is 0 Å². The summed E-state index contributed by atoms with van der Waals surface area (Å²) in [5.74, 6) is 0.792. The van der Waals surface area contributed by atoms with Gasteiger partial charge in [-0.3, -0.25) is 4.98 Å². The van der Waals surface area contributed by atoms with E-state index < -0.39 is 13.7 Å². The van der Waals surface area contributed by atoms with Crippen molar-refractivity contribution < 1.29 is 32.7 Å². The topological polar surface area (TPSA) is 43.9 Å². The van der Waals surface area contributed by atoms with Gasteiger partial charge in [0.05, 0.1) is 22.5 Å². The van der Waals surface area contributed by atoms with Crippen LogP contribution in [0.1, 0.15) is 19.4 Å². The molecule has 0 aliphatic rings. The first kappa shape index (κ1) is 30.6. The van der Waals surface area contributed by atoms with Crippen LogP contribution in [0.25, 0.3) is 83.7 Å². The Morgan fingerprint density at radius 1 is 0.596 bits per heavy atom. The molecule has 0 fully saturated rings. The molecule has 0 spiro atoms. The molecule has 5 heteroatoms. The maximum absolute atomic E-state index is 7.28. The Morgan fingerprint density at radius 2 is 1.25 bits per heavy atom. The molecular formula is C52H37IrN3O-2.